The predicted octanol–water partition coefficient (Wildman–Crippen LogP) is 3.24. The first-order chi connectivity index (χ1) is 7.45. The van der Waals surface area contributed by atoms with Gasteiger partial charge in [-0.05, 0) is 17.2 Å². The normalized spacial score (nSPS) is 18.3. The van der Waals surface area contributed by atoms with Gasteiger partial charge in [-0.15, -0.1) is 0 Å². The number of hydrogen-bond acceptors (Lipinski definition) is 1. The second-order valence-corrected chi connectivity index (χ2v) is 3.93. The first-order valence-corrected chi connectivity index (χ1v) is 5.33. The summed E-state index contributed by atoms with van der Waals surface area (Å²) in [6.07, 6.45) is 0. The molecule has 0 unspecified atom stereocenters. The van der Waals surface area contributed by atoms with E-state index in [-0.39, 0.29) is 0 Å². The summed E-state index contributed by atoms with van der Waals surface area (Å²) < 4.78 is 0. The number of nitrogens with one attached hydrogen (secondary N) is 1. The van der Waals surface area contributed by atoms with Crippen molar-refractivity contribution in [3.63, 3.8) is 0 Å². The molecule has 1 aliphatic rings. The highest BCUT2D eigenvalue weighted by molar-refractivity contribution is 5.60. The summed E-state index contributed by atoms with van der Waals surface area (Å²) in [5.74, 6) is 0.516. The molecule has 0 spiro atoms. The van der Waals surface area contributed by atoms with Gasteiger partial charge in [0.05, 0.1) is 0 Å². The molecule has 0 bridgehead atoms. The van der Waals surface area contributed by atoms with E-state index in [1.807, 2.05) is 0 Å². The Hall–Kier alpha value is -1.76. The van der Waals surface area contributed by atoms with E-state index in [9.17, 15) is 0 Å². The fourth-order valence-corrected chi connectivity index (χ4v) is 2.27. The quantitative estimate of drug-likeness (QED) is 0.736. The van der Waals surface area contributed by atoms with Crippen molar-refractivity contribution in [1.82, 2.24) is 0 Å². The van der Waals surface area contributed by atoms with Crippen LogP contribution < -0.4 is 5.32 Å². The third kappa shape index (κ3) is 1.40. The molecule has 1 heteroatoms. The van der Waals surface area contributed by atoms with Crippen LogP contribution in [-0.2, 0) is 0 Å². The van der Waals surface area contributed by atoms with Crippen molar-refractivity contribution in [1.29, 1.82) is 0 Å². The summed E-state index contributed by atoms with van der Waals surface area (Å²) in [5, 5.41) is 3.45. The zero-order valence-corrected chi connectivity index (χ0v) is 8.48. The molecule has 1 N–H and O–H groups in total. The molecule has 74 valence electrons. The molecule has 15 heavy (non-hydrogen) atoms. The smallest absolute Gasteiger partial charge is 0.0379 e. The molecule has 0 radical (unpaired) electrons. The van der Waals surface area contributed by atoms with Crippen molar-refractivity contribution < 1.29 is 0 Å². The van der Waals surface area contributed by atoms with Crippen molar-refractivity contribution in [3.8, 4) is 0 Å². The lowest BCUT2D eigenvalue weighted by molar-refractivity contribution is 0.907. The minimum atomic E-state index is 0.516. The topological polar surface area (TPSA) is 12.0 Å². The van der Waals surface area contributed by atoms with Gasteiger partial charge < -0.3 is 5.32 Å². The Labute approximate surface area is 89.8 Å². The van der Waals surface area contributed by atoms with Crippen molar-refractivity contribution >= 4 is 5.69 Å². The van der Waals surface area contributed by atoms with Gasteiger partial charge in [0.15, 0.2) is 0 Å². The number of benzene rings is 2. The van der Waals surface area contributed by atoms with Crippen molar-refractivity contribution in [2.45, 2.75) is 5.92 Å². The minimum absolute atomic E-state index is 0.516. The molecule has 1 heterocycles. The molecule has 1 nitrogen and oxygen atoms in total. The molecule has 3 rings (SSSR count). The largest absolute Gasteiger partial charge is 0.384 e. The maximum atomic E-state index is 3.45. The molecular formula is C14H13N. The van der Waals surface area contributed by atoms with Gasteiger partial charge in [0.1, 0.15) is 0 Å². The van der Waals surface area contributed by atoms with Crippen LogP contribution in [0.5, 0.6) is 0 Å². The molecular weight excluding hydrogens is 182 g/mol. The maximum absolute atomic E-state index is 3.45. The van der Waals surface area contributed by atoms with Crippen LogP contribution in [0, 0.1) is 0 Å². The average Bonchev–Trinajstić information content (AvgIpc) is 2.74. The highest BCUT2D eigenvalue weighted by atomic mass is 14.9. The zero-order valence-electron chi connectivity index (χ0n) is 8.48. The van der Waals surface area contributed by atoms with Crippen LogP contribution >= 0.6 is 0 Å². The van der Waals surface area contributed by atoms with Crippen LogP contribution in [-0.4, -0.2) is 6.54 Å². The number of fused-ring (bicyclic) bond motifs is 1. The van der Waals surface area contributed by atoms with Crippen LogP contribution in [0.15, 0.2) is 54.6 Å². The molecule has 1 atom stereocenters. The summed E-state index contributed by atoms with van der Waals surface area (Å²) >= 11 is 0. The Morgan fingerprint density at radius 3 is 2.47 bits per heavy atom. The SMILES string of the molecule is c1ccc([C@H]2CNc3ccccc32)cc1. The van der Waals surface area contributed by atoms with E-state index in [1.165, 1.54) is 16.8 Å². The standard InChI is InChI=1S/C14H13N/c1-2-6-11(7-3-1)13-10-15-14-9-5-4-8-12(13)14/h1-9,13,15H,10H2/t13-/m1/s1. The minimum Gasteiger partial charge on any atom is -0.384 e. The lowest BCUT2D eigenvalue weighted by Crippen LogP contribution is -2.03. The van der Waals surface area contributed by atoms with E-state index in [4.69, 9.17) is 0 Å². The van der Waals surface area contributed by atoms with E-state index in [2.05, 4.69) is 59.9 Å². The first-order valence-electron chi connectivity index (χ1n) is 5.33. The Bertz CT molecular complexity index is 462. The fourth-order valence-electron chi connectivity index (χ4n) is 2.27. The molecule has 2 aromatic rings. The summed E-state index contributed by atoms with van der Waals surface area (Å²) in [6.45, 7) is 1.02. The van der Waals surface area contributed by atoms with Gasteiger partial charge in [0.2, 0.25) is 0 Å². The van der Waals surface area contributed by atoms with Gasteiger partial charge in [-0.25, -0.2) is 0 Å². The molecule has 1 aliphatic heterocycles. The number of para-hydroxylation sites is 1. The van der Waals surface area contributed by atoms with Crippen LogP contribution in [0.2, 0.25) is 0 Å². The van der Waals surface area contributed by atoms with Gasteiger partial charge in [0, 0.05) is 18.2 Å². The monoisotopic (exact) mass is 195 g/mol. The van der Waals surface area contributed by atoms with Gasteiger partial charge in [-0.1, -0.05) is 48.5 Å². The predicted molar refractivity (Wildman–Crippen MR) is 63.2 cm³/mol. The molecule has 0 aliphatic carbocycles. The number of rotatable bonds is 1. The van der Waals surface area contributed by atoms with E-state index < -0.39 is 0 Å². The average molecular weight is 195 g/mol. The summed E-state index contributed by atoms with van der Waals surface area (Å²) in [5.41, 5.74) is 4.10. The van der Waals surface area contributed by atoms with Crippen molar-refractivity contribution in [2.75, 3.05) is 11.9 Å². The van der Waals surface area contributed by atoms with E-state index in [0.29, 0.717) is 5.92 Å². The van der Waals surface area contributed by atoms with Crippen LogP contribution in [0.1, 0.15) is 17.0 Å². The highest BCUT2D eigenvalue weighted by Crippen LogP contribution is 2.35. The Kier molecular flexibility index (Phi) is 1.95. The van der Waals surface area contributed by atoms with Crippen LogP contribution in [0.25, 0.3) is 0 Å². The first kappa shape index (κ1) is 8.54. The van der Waals surface area contributed by atoms with Crippen LogP contribution in [0.4, 0.5) is 5.69 Å². The maximum Gasteiger partial charge on any atom is 0.0379 e. The molecule has 0 saturated heterocycles. The fraction of sp³-hybridized carbons (Fsp3) is 0.143. The van der Waals surface area contributed by atoms with Crippen molar-refractivity contribution in [3.05, 3.63) is 65.7 Å². The van der Waals surface area contributed by atoms with Gasteiger partial charge in [-0.3, -0.25) is 0 Å². The lowest BCUT2D eigenvalue weighted by atomic mass is 9.93. The van der Waals surface area contributed by atoms with E-state index in [1.54, 1.807) is 0 Å². The number of hydrogen-bond donors (Lipinski definition) is 1. The lowest BCUT2D eigenvalue weighted by Gasteiger charge is -2.09. The summed E-state index contributed by atoms with van der Waals surface area (Å²) in [4.78, 5) is 0. The van der Waals surface area contributed by atoms with Gasteiger partial charge >= 0.3 is 0 Å². The third-order valence-electron chi connectivity index (χ3n) is 3.03. The second kappa shape index (κ2) is 3.43. The summed E-state index contributed by atoms with van der Waals surface area (Å²) in [6, 6.07) is 19.2. The molecule has 0 fully saturated rings. The van der Waals surface area contributed by atoms with Gasteiger partial charge in [-0.2, -0.15) is 0 Å². The van der Waals surface area contributed by atoms with Gasteiger partial charge in [0.25, 0.3) is 0 Å². The molecule has 2 aromatic carbocycles. The molecule has 0 saturated carbocycles. The number of anilines is 1. The highest BCUT2D eigenvalue weighted by Gasteiger charge is 2.22. The second-order valence-electron chi connectivity index (χ2n) is 3.93. The Morgan fingerprint density at radius 1 is 0.867 bits per heavy atom. The molecule has 0 amide bonds. The summed E-state index contributed by atoms with van der Waals surface area (Å²) in [7, 11) is 0. The zero-order chi connectivity index (χ0) is 10.1. The molecule has 0 aromatic heterocycles. The Balaban J connectivity index is 2.05. The van der Waals surface area contributed by atoms with Crippen LogP contribution in [0.3, 0.4) is 0 Å². The van der Waals surface area contributed by atoms with E-state index in [0.717, 1.165) is 6.54 Å². The Morgan fingerprint density at radius 2 is 1.60 bits per heavy atom. The van der Waals surface area contributed by atoms with E-state index >= 15 is 0 Å². The third-order valence-corrected chi connectivity index (χ3v) is 3.03. The van der Waals surface area contributed by atoms with Crippen molar-refractivity contribution in [2.24, 2.45) is 0 Å².